The third-order valence-electron chi connectivity index (χ3n) is 3.31. The van der Waals surface area contributed by atoms with Gasteiger partial charge in [-0.1, -0.05) is 17.7 Å². The van der Waals surface area contributed by atoms with Crippen LogP contribution in [0.1, 0.15) is 12.5 Å². The number of hydrogen-bond donors (Lipinski definition) is 2. The lowest BCUT2D eigenvalue weighted by Gasteiger charge is -2.15. The Hall–Kier alpha value is -1.96. The Morgan fingerprint density at radius 3 is 2.42 bits per heavy atom. The highest BCUT2D eigenvalue weighted by Gasteiger charge is 2.22. The molecule has 0 saturated heterocycles. The van der Waals surface area contributed by atoms with Gasteiger partial charge in [-0.2, -0.15) is 4.72 Å². The molecule has 2 rings (SSSR count). The van der Waals surface area contributed by atoms with Crippen molar-refractivity contribution in [3.8, 4) is 0 Å². The lowest BCUT2D eigenvalue weighted by atomic mass is 10.2. The van der Waals surface area contributed by atoms with Gasteiger partial charge in [-0.25, -0.2) is 12.8 Å². The SMILES string of the molecule is Cc1ccc(F)cc1NC(=O)[C@H](C)NS(=O)(=O)c1ccc(Cl)cc1. The minimum Gasteiger partial charge on any atom is -0.324 e. The molecule has 0 aliphatic heterocycles. The maximum atomic E-state index is 13.3. The first kappa shape index (κ1) is 18.4. The standard InChI is InChI=1S/C16H16ClFN2O3S/c1-10-3-6-13(18)9-15(10)19-16(21)11(2)20-24(22,23)14-7-4-12(17)5-8-14/h3-9,11,20H,1-2H3,(H,19,21)/t11-/m0/s1. The van der Waals surface area contributed by atoms with Crippen molar-refractivity contribution in [1.82, 2.24) is 4.72 Å². The Bertz CT molecular complexity index is 854. The molecule has 0 radical (unpaired) electrons. The van der Waals surface area contributed by atoms with Crippen LogP contribution in [0.4, 0.5) is 10.1 Å². The van der Waals surface area contributed by atoms with Crippen molar-refractivity contribution in [1.29, 1.82) is 0 Å². The summed E-state index contributed by atoms with van der Waals surface area (Å²) in [6.45, 7) is 3.11. The summed E-state index contributed by atoms with van der Waals surface area (Å²) in [5, 5.41) is 2.91. The largest absolute Gasteiger partial charge is 0.324 e. The smallest absolute Gasteiger partial charge is 0.242 e. The summed E-state index contributed by atoms with van der Waals surface area (Å²) in [4.78, 5) is 12.2. The average Bonchev–Trinajstić information content (AvgIpc) is 2.51. The van der Waals surface area contributed by atoms with Gasteiger partial charge >= 0.3 is 0 Å². The number of rotatable bonds is 5. The van der Waals surface area contributed by atoms with E-state index in [1.54, 1.807) is 6.92 Å². The second kappa shape index (κ2) is 7.29. The lowest BCUT2D eigenvalue weighted by Crippen LogP contribution is -2.41. The molecule has 1 atom stereocenters. The van der Waals surface area contributed by atoms with Crippen LogP contribution in [-0.4, -0.2) is 20.4 Å². The number of carbonyl (C=O) groups excluding carboxylic acids is 1. The van der Waals surface area contributed by atoms with Gasteiger partial charge in [0.2, 0.25) is 15.9 Å². The van der Waals surface area contributed by atoms with Crippen LogP contribution in [0.5, 0.6) is 0 Å². The number of carbonyl (C=O) groups is 1. The second-order valence-corrected chi connectivity index (χ2v) is 7.40. The zero-order valence-corrected chi connectivity index (χ0v) is 14.6. The van der Waals surface area contributed by atoms with Gasteiger partial charge in [0.05, 0.1) is 10.9 Å². The number of sulfonamides is 1. The number of nitrogens with one attached hydrogen (secondary N) is 2. The van der Waals surface area contributed by atoms with Crippen molar-refractivity contribution in [2.24, 2.45) is 0 Å². The molecular formula is C16H16ClFN2O3S. The van der Waals surface area contributed by atoms with E-state index in [1.807, 2.05) is 0 Å². The van der Waals surface area contributed by atoms with Crippen molar-refractivity contribution >= 4 is 33.2 Å². The van der Waals surface area contributed by atoms with E-state index in [0.29, 0.717) is 10.6 Å². The molecule has 128 valence electrons. The topological polar surface area (TPSA) is 75.3 Å². The number of anilines is 1. The van der Waals surface area contributed by atoms with Gasteiger partial charge in [0.25, 0.3) is 0 Å². The molecule has 24 heavy (non-hydrogen) atoms. The molecule has 0 saturated carbocycles. The molecule has 5 nitrogen and oxygen atoms in total. The average molecular weight is 371 g/mol. The van der Waals surface area contributed by atoms with E-state index in [0.717, 1.165) is 0 Å². The summed E-state index contributed by atoms with van der Waals surface area (Å²) >= 11 is 5.73. The molecule has 0 aliphatic rings. The Kier molecular flexibility index (Phi) is 5.58. The van der Waals surface area contributed by atoms with Crippen LogP contribution in [0, 0.1) is 12.7 Å². The van der Waals surface area contributed by atoms with Crippen LogP contribution < -0.4 is 10.0 Å². The summed E-state index contributed by atoms with van der Waals surface area (Å²) < 4.78 is 40.0. The predicted molar refractivity (Wildman–Crippen MR) is 91.0 cm³/mol. The fourth-order valence-electron chi connectivity index (χ4n) is 1.94. The molecule has 0 aliphatic carbocycles. The maximum absolute atomic E-state index is 13.3. The molecule has 0 heterocycles. The van der Waals surface area contributed by atoms with E-state index in [-0.39, 0.29) is 10.6 Å². The molecule has 2 aromatic carbocycles. The molecule has 0 bridgehead atoms. The molecule has 8 heteroatoms. The van der Waals surface area contributed by atoms with E-state index in [1.165, 1.54) is 49.4 Å². The first-order chi connectivity index (χ1) is 11.2. The Morgan fingerprint density at radius 1 is 1.17 bits per heavy atom. The lowest BCUT2D eigenvalue weighted by molar-refractivity contribution is -0.117. The Morgan fingerprint density at radius 2 is 1.79 bits per heavy atom. The van der Waals surface area contributed by atoms with Gasteiger partial charge < -0.3 is 5.32 Å². The Labute approximate surface area is 144 Å². The van der Waals surface area contributed by atoms with E-state index in [2.05, 4.69) is 10.0 Å². The fourth-order valence-corrected chi connectivity index (χ4v) is 3.27. The number of benzene rings is 2. The molecule has 0 aromatic heterocycles. The molecule has 0 spiro atoms. The van der Waals surface area contributed by atoms with Crippen LogP contribution >= 0.6 is 11.6 Å². The van der Waals surface area contributed by atoms with Gasteiger partial charge in [0, 0.05) is 10.7 Å². The van der Waals surface area contributed by atoms with E-state index in [9.17, 15) is 17.6 Å². The summed E-state index contributed by atoms with van der Waals surface area (Å²) in [7, 11) is -3.88. The predicted octanol–water partition coefficient (Wildman–Crippen LogP) is 3.09. The molecule has 0 unspecified atom stereocenters. The van der Waals surface area contributed by atoms with Gasteiger partial charge in [-0.3, -0.25) is 4.79 Å². The highest BCUT2D eigenvalue weighted by Crippen LogP contribution is 2.17. The first-order valence-electron chi connectivity index (χ1n) is 7.04. The second-order valence-electron chi connectivity index (χ2n) is 5.25. The van der Waals surface area contributed by atoms with Crippen LogP contribution in [0.15, 0.2) is 47.4 Å². The number of aryl methyl sites for hydroxylation is 1. The van der Waals surface area contributed by atoms with Crippen molar-refractivity contribution in [3.05, 3.63) is 58.9 Å². The highest BCUT2D eigenvalue weighted by molar-refractivity contribution is 7.89. The van der Waals surface area contributed by atoms with Gasteiger partial charge in [0.1, 0.15) is 5.82 Å². The van der Waals surface area contributed by atoms with Gasteiger partial charge in [-0.05, 0) is 55.8 Å². The van der Waals surface area contributed by atoms with Crippen molar-refractivity contribution in [3.63, 3.8) is 0 Å². The highest BCUT2D eigenvalue weighted by atomic mass is 35.5. The number of amides is 1. The van der Waals surface area contributed by atoms with Crippen molar-refractivity contribution in [2.75, 3.05) is 5.32 Å². The van der Waals surface area contributed by atoms with E-state index >= 15 is 0 Å². The maximum Gasteiger partial charge on any atom is 0.242 e. The number of hydrogen-bond acceptors (Lipinski definition) is 3. The molecule has 2 N–H and O–H groups in total. The molecule has 0 fully saturated rings. The quantitative estimate of drug-likeness (QED) is 0.849. The molecule has 2 aromatic rings. The Balaban J connectivity index is 2.10. The minimum absolute atomic E-state index is 0.00603. The first-order valence-corrected chi connectivity index (χ1v) is 8.90. The fraction of sp³-hybridized carbons (Fsp3) is 0.188. The summed E-state index contributed by atoms with van der Waals surface area (Å²) in [6.07, 6.45) is 0. The zero-order chi connectivity index (χ0) is 17.9. The monoisotopic (exact) mass is 370 g/mol. The van der Waals surface area contributed by atoms with Crippen LogP contribution in [0.3, 0.4) is 0 Å². The summed E-state index contributed by atoms with van der Waals surface area (Å²) in [5.41, 5.74) is 0.954. The summed E-state index contributed by atoms with van der Waals surface area (Å²) in [6, 6.07) is 8.48. The van der Waals surface area contributed by atoms with Crippen molar-refractivity contribution in [2.45, 2.75) is 24.8 Å². The van der Waals surface area contributed by atoms with Gasteiger partial charge in [-0.15, -0.1) is 0 Å². The third-order valence-corrected chi connectivity index (χ3v) is 5.12. The number of halogens is 2. The van der Waals surface area contributed by atoms with E-state index in [4.69, 9.17) is 11.6 Å². The molecular weight excluding hydrogens is 355 g/mol. The van der Waals surface area contributed by atoms with Crippen LogP contribution in [-0.2, 0) is 14.8 Å². The zero-order valence-electron chi connectivity index (χ0n) is 13.0. The van der Waals surface area contributed by atoms with Gasteiger partial charge in [0.15, 0.2) is 0 Å². The van der Waals surface area contributed by atoms with E-state index < -0.39 is 27.8 Å². The normalized spacial score (nSPS) is 12.7. The minimum atomic E-state index is -3.88. The summed E-state index contributed by atoms with van der Waals surface area (Å²) in [5.74, 6) is -1.09. The van der Waals surface area contributed by atoms with Crippen LogP contribution in [0.2, 0.25) is 5.02 Å². The third kappa shape index (κ3) is 4.53. The van der Waals surface area contributed by atoms with Crippen molar-refractivity contribution < 1.29 is 17.6 Å². The molecule has 1 amide bonds. The van der Waals surface area contributed by atoms with Crippen LogP contribution in [0.25, 0.3) is 0 Å².